The van der Waals surface area contributed by atoms with Gasteiger partial charge in [-0.05, 0) is 13.3 Å². The Morgan fingerprint density at radius 2 is 2.11 bits per heavy atom. The Balaban J connectivity index is 2.33. The Bertz CT molecular complexity index is 368. The lowest BCUT2D eigenvalue weighted by atomic mass is 10.1. The third kappa shape index (κ3) is 4.57. The molecule has 18 heavy (non-hydrogen) atoms. The van der Waals surface area contributed by atoms with Gasteiger partial charge in [0.25, 0.3) is 0 Å². The summed E-state index contributed by atoms with van der Waals surface area (Å²) >= 11 is 6.10. The molecule has 1 rings (SSSR count). The second kappa shape index (κ2) is 7.74. The van der Waals surface area contributed by atoms with Gasteiger partial charge < -0.3 is 14.6 Å². The Morgan fingerprint density at radius 1 is 1.39 bits per heavy atom. The first kappa shape index (κ1) is 15.4. The van der Waals surface area contributed by atoms with Crippen LogP contribution in [0.3, 0.4) is 0 Å². The van der Waals surface area contributed by atoms with Crippen molar-refractivity contribution < 1.29 is 14.6 Å². The summed E-state index contributed by atoms with van der Waals surface area (Å²) in [5.41, 5.74) is 1.77. The third-order valence-corrected chi connectivity index (χ3v) is 3.21. The molecule has 0 radical (unpaired) electrons. The Hall–Kier alpha value is -0.620. The molecule has 0 saturated carbocycles. The minimum Gasteiger partial charge on any atom is -0.393 e. The largest absolute Gasteiger partial charge is 0.393 e. The molecule has 6 heteroatoms. The van der Waals surface area contributed by atoms with Crippen molar-refractivity contribution in [3.8, 4) is 0 Å². The molecule has 0 aromatic carbocycles. The predicted molar refractivity (Wildman–Crippen MR) is 70.0 cm³/mol. The van der Waals surface area contributed by atoms with Crippen LogP contribution in [0.4, 0.5) is 0 Å². The molecule has 1 unspecified atom stereocenters. The van der Waals surface area contributed by atoms with E-state index in [9.17, 15) is 5.11 Å². The van der Waals surface area contributed by atoms with E-state index in [4.69, 9.17) is 21.1 Å². The number of methoxy groups -OCH3 is 1. The number of hydrogen-bond donors (Lipinski definition) is 1. The van der Waals surface area contributed by atoms with Crippen LogP contribution < -0.4 is 0 Å². The van der Waals surface area contributed by atoms with E-state index in [1.54, 1.807) is 18.8 Å². The highest BCUT2D eigenvalue weighted by molar-refractivity contribution is 6.30. The van der Waals surface area contributed by atoms with Crippen LogP contribution >= 0.6 is 11.6 Å². The first-order valence-corrected chi connectivity index (χ1v) is 6.36. The van der Waals surface area contributed by atoms with Gasteiger partial charge >= 0.3 is 0 Å². The van der Waals surface area contributed by atoms with E-state index < -0.39 is 6.10 Å². The normalized spacial score (nSPS) is 12.9. The van der Waals surface area contributed by atoms with Crippen LogP contribution in [0.5, 0.6) is 0 Å². The fourth-order valence-corrected chi connectivity index (χ4v) is 1.96. The van der Waals surface area contributed by atoms with Crippen LogP contribution in [0.1, 0.15) is 17.7 Å². The SMILES string of the molecule is COCCOCCC(O)Cc1c(C)nn(C)c1Cl. The topological polar surface area (TPSA) is 56.5 Å². The average molecular weight is 277 g/mol. The molecule has 104 valence electrons. The number of rotatable bonds is 8. The van der Waals surface area contributed by atoms with E-state index in [-0.39, 0.29) is 0 Å². The second-order valence-electron chi connectivity index (χ2n) is 4.23. The lowest BCUT2D eigenvalue weighted by Gasteiger charge is -2.10. The third-order valence-electron chi connectivity index (χ3n) is 2.74. The van der Waals surface area contributed by atoms with Crippen molar-refractivity contribution in [2.24, 2.45) is 7.05 Å². The van der Waals surface area contributed by atoms with E-state index in [0.717, 1.165) is 11.3 Å². The molecule has 0 bridgehead atoms. The zero-order chi connectivity index (χ0) is 13.5. The van der Waals surface area contributed by atoms with Gasteiger partial charge in [0.05, 0.1) is 25.0 Å². The van der Waals surface area contributed by atoms with Crippen molar-refractivity contribution in [1.29, 1.82) is 0 Å². The van der Waals surface area contributed by atoms with Gasteiger partial charge in [0, 0.05) is 32.7 Å². The monoisotopic (exact) mass is 276 g/mol. The van der Waals surface area contributed by atoms with Crippen molar-refractivity contribution in [1.82, 2.24) is 9.78 Å². The smallest absolute Gasteiger partial charge is 0.130 e. The maximum Gasteiger partial charge on any atom is 0.130 e. The van der Waals surface area contributed by atoms with E-state index in [0.29, 0.717) is 37.8 Å². The fourth-order valence-electron chi connectivity index (χ4n) is 1.71. The van der Waals surface area contributed by atoms with Crippen LogP contribution in [0, 0.1) is 6.92 Å². The molecule has 1 N–H and O–H groups in total. The maximum atomic E-state index is 9.91. The quantitative estimate of drug-likeness (QED) is 0.728. The van der Waals surface area contributed by atoms with Crippen LogP contribution in [-0.4, -0.2) is 47.9 Å². The van der Waals surface area contributed by atoms with Crippen molar-refractivity contribution in [3.05, 3.63) is 16.4 Å². The number of ether oxygens (including phenoxy) is 2. The molecule has 0 fully saturated rings. The summed E-state index contributed by atoms with van der Waals surface area (Å²) in [6, 6.07) is 0. The van der Waals surface area contributed by atoms with Crippen LogP contribution in [0.25, 0.3) is 0 Å². The Labute approximate surface area is 113 Å². The molecule has 0 aliphatic heterocycles. The van der Waals surface area contributed by atoms with E-state index >= 15 is 0 Å². The van der Waals surface area contributed by atoms with Crippen LogP contribution in [0.2, 0.25) is 5.15 Å². The van der Waals surface area contributed by atoms with Gasteiger partial charge in [-0.1, -0.05) is 11.6 Å². The van der Waals surface area contributed by atoms with Gasteiger partial charge in [-0.25, -0.2) is 0 Å². The van der Waals surface area contributed by atoms with Crippen molar-refractivity contribution >= 4 is 11.6 Å². The summed E-state index contributed by atoms with van der Waals surface area (Å²) in [5, 5.41) is 14.7. The summed E-state index contributed by atoms with van der Waals surface area (Å²) < 4.78 is 11.8. The number of hydrogen-bond acceptors (Lipinski definition) is 4. The molecule has 0 amide bonds. The highest BCUT2D eigenvalue weighted by Gasteiger charge is 2.15. The number of aliphatic hydroxyl groups excluding tert-OH is 1. The molecular weight excluding hydrogens is 256 g/mol. The fraction of sp³-hybridized carbons (Fsp3) is 0.750. The Morgan fingerprint density at radius 3 is 2.67 bits per heavy atom. The summed E-state index contributed by atoms with van der Waals surface area (Å²) in [6.45, 7) is 3.53. The van der Waals surface area contributed by atoms with Crippen molar-refractivity contribution in [2.45, 2.75) is 25.9 Å². The Kier molecular flexibility index (Phi) is 6.63. The van der Waals surface area contributed by atoms with E-state index in [2.05, 4.69) is 5.10 Å². The molecule has 1 heterocycles. The van der Waals surface area contributed by atoms with Gasteiger partial charge in [0.15, 0.2) is 0 Å². The van der Waals surface area contributed by atoms with Crippen molar-refractivity contribution in [3.63, 3.8) is 0 Å². The van der Waals surface area contributed by atoms with E-state index in [1.165, 1.54) is 0 Å². The molecule has 0 saturated heterocycles. The van der Waals surface area contributed by atoms with E-state index in [1.807, 2.05) is 6.92 Å². The number of halogens is 1. The van der Waals surface area contributed by atoms with Gasteiger partial charge in [-0.2, -0.15) is 5.10 Å². The highest BCUT2D eigenvalue weighted by atomic mass is 35.5. The van der Waals surface area contributed by atoms with Gasteiger partial charge in [-0.15, -0.1) is 0 Å². The molecule has 0 aliphatic rings. The minimum absolute atomic E-state index is 0.465. The zero-order valence-electron chi connectivity index (χ0n) is 11.1. The maximum absolute atomic E-state index is 9.91. The predicted octanol–water partition coefficient (Wildman–Crippen LogP) is 1.34. The second-order valence-corrected chi connectivity index (χ2v) is 4.59. The molecular formula is C12H21ClN2O3. The van der Waals surface area contributed by atoms with Gasteiger partial charge in [-0.3, -0.25) is 4.68 Å². The number of aromatic nitrogens is 2. The summed E-state index contributed by atoms with van der Waals surface area (Å²) in [6.07, 6.45) is 0.619. The van der Waals surface area contributed by atoms with Crippen LogP contribution in [0.15, 0.2) is 0 Å². The number of aryl methyl sites for hydroxylation is 2. The minimum atomic E-state index is -0.465. The number of aliphatic hydroxyl groups is 1. The van der Waals surface area contributed by atoms with Crippen molar-refractivity contribution in [2.75, 3.05) is 26.9 Å². The summed E-state index contributed by atoms with van der Waals surface area (Å²) in [4.78, 5) is 0. The van der Waals surface area contributed by atoms with Gasteiger partial charge in [0.1, 0.15) is 5.15 Å². The first-order chi connectivity index (χ1) is 8.56. The molecule has 0 aliphatic carbocycles. The molecule has 5 nitrogen and oxygen atoms in total. The lowest BCUT2D eigenvalue weighted by molar-refractivity contribution is 0.0479. The zero-order valence-corrected chi connectivity index (χ0v) is 11.9. The highest BCUT2D eigenvalue weighted by Crippen LogP contribution is 2.20. The molecule has 1 atom stereocenters. The molecule has 1 aromatic rings. The summed E-state index contributed by atoms with van der Waals surface area (Å²) in [7, 11) is 3.42. The standard InChI is InChI=1S/C12H21ClN2O3/c1-9-11(12(13)15(2)14-9)8-10(16)4-5-18-7-6-17-3/h10,16H,4-8H2,1-3H3. The number of nitrogens with zero attached hydrogens (tertiary/aromatic N) is 2. The summed E-state index contributed by atoms with van der Waals surface area (Å²) in [5.74, 6) is 0. The first-order valence-electron chi connectivity index (χ1n) is 5.99. The average Bonchev–Trinajstić information content (AvgIpc) is 2.56. The molecule has 0 spiro atoms. The van der Waals surface area contributed by atoms with Gasteiger partial charge in [0.2, 0.25) is 0 Å². The van der Waals surface area contributed by atoms with Crippen LogP contribution in [-0.2, 0) is 22.9 Å². The lowest BCUT2D eigenvalue weighted by Crippen LogP contribution is -2.15. The molecule has 1 aromatic heterocycles.